The van der Waals surface area contributed by atoms with Crippen molar-refractivity contribution in [3.05, 3.63) is 29.8 Å². The minimum absolute atomic E-state index is 0.0682. The predicted molar refractivity (Wildman–Crippen MR) is 72.7 cm³/mol. The first-order chi connectivity index (χ1) is 8.30. The third-order valence-corrected chi connectivity index (χ3v) is 4.44. The van der Waals surface area contributed by atoms with Crippen LogP contribution in [0, 0.1) is 0 Å². The van der Waals surface area contributed by atoms with Crippen LogP contribution in [0.5, 0.6) is 0 Å². The van der Waals surface area contributed by atoms with Crippen LogP contribution in [0.4, 0.5) is 0 Å². The lowest BCUT2D eigenvalue weighted by Crippen LogP contribution is -2.40. The van der Waals surface area contributed by atoms with Crippen LogP contribution in [0.25, 0.3) is 0 Å². The summed E-state index contributed by atoms with van der Waals surface area (Å²) in [5.41, 5.74) is 1.40. The molecule has 1 N–H and O–H groups in total. The van der Waals surface area contributed by atoms with Crippen LogP contribution in [0.3, 0.4) is 0 Å². The summed E-state index contributed by atoms with van der Waals surface area (Å²) < 4.78 is 0. The van der Waals surface area contributed by atoms with Gasteiger partial charge in [0.25, 0.3) is 0 Å². The SMILES string of the molecule is CSc1cccc(C2(CC=O)CCNCC2)c1. The maximum absolute atomic E-state index is 11.0. The Morgan fingerprint density at radius 1 is 1.41 bits per heavy atom. The Labute approximate surface area is 107 Å². The van der Waals surface area contributed by atoms with Crippen molar-refractivity contribution in [3.63, 3.8) is 0 Å². The zero-order chi connectivity index (χ0) is 12.1. The van der Waals surface area contributed by atoms with Crippen molar-refractivity contribution < 1.29 is 4.79 Å². The van der Waals surface area contributed by atoms with Crippen molar-refractivity contribution in [1.29, 1.82) is 0 Å². The molecule has 0 aliphatic carbocycles. The third-order valence-electron chi connectivity index (χ3n) is 3.72. The normalized spacial score (nSPS) is 18.9. The molecular formula is C14H19NOS. The molecule has 0 atom stereocenters. The lowest BCUT2D eigenvalue weighted by Gasteiger charge is -2.37. The largest absolute Gasteiger partial charge is 0.317 e. The molecule has 2 nitrogen and oxygen atoms in total. The van der Waals surface area contributed by atoms with E-state index in [-0.39, 0.29) is 5.41 Å². The van der Waals surface area contributed by atoms with E-state index < -0.39 is 0 Å². The number of rotatable bonds is 4. The van der Waals surface area contributed by atoms with E-state index >= 15 is 0 Å². The van der Waals surface area contributed by atoms with E-state index in [9.17, 15) is 4.79 Å². The molecule has 0 radical (unpaired) electrons. The van der Waals surface area contributed by atoms with E-state index in [0.29, 0.717) is 6.42 Å². The standard InChI is InChI=1S/C14H19NOS/c1-17-13-4-2-3-12(11-13)14(7-10-16)5-8-15-9-6-14/h2-4,10-11,15H,5-9H2,1H3. The van der Waals surface area contributed by atoms with E-state index in [4.69, 9.17) is 0 Å². The molecule has 0 aromatic heterocycles. The number of carbonyl (C=O) groups excluding carboxylic acids is 1. The van der Waals surface area contributed by atoms with E-state index in [2.05, 4.69) is 35.8 Å². The number of hydrogen-bond donors (Lipinski definition) is 1. The van der Waals surface area contributed by atoms with Gasteiger partial charge in [0.15, 0.2) is 0 Å². The van der Waals surface area contributed by atoms with Gasteiger partial charge in [0.05, 0.1) is 0 Å². The number of piperidine rings is 1. The fourth-order valence-electron chi connectivity index (χ4n) is 2.63. The van der Waals surface area contributed by atoms with Crippen LogP contribution in [-0.2, 0) is 10.2 Å². The molecule has 0 unspecified atom stereocenters. The molecule has 0 spiro atoms. The average Bonchev–Trinajstić information content (AvgIpc) is 2.40. The fraction of sp³-hybridized carbons (Fsp3) is 0.500. The maximum Gasteiger partial charge on any atom is 0.120 e. The summed E-state index contributed by atoms with van der Waals surface area (Å²) in [6.45, 7) is 2.02. The topological polar surface area (TPSA) is 29.1 Å². The lowest BCUT2D eigenvalue weighted by atomic mass is 9.71. The molecule has 0 bridgehead atoms. The Kier molecular flexibility index (Phi) is 4.24. The minimum Gasteiger partial charge on any atom is -0.317 e. The quantitative estimate of drug-likeness (QED) is 0.657. The van der Waals surface area contributed by atoms with E-state index in [1.165, 1.54) is 10.5 Å². The van der Waals surface area contributed by atoms with Gasteiger partial charge < -0.3 is 10.1 Å². The highest BCUT2D eigenvalue weighted by molar-refractivity contribution is 7.98. The summed E-state index contributed by atoms with van der Waals surface area (Å²) in [6.07, 6.45) is 5.94. The maximum atomic E-state index is 11.0. The van der Waals surface area contributed by atoms with Crippen LogP contribution >= 0.6 is 11.8 Å². The minimum atomic E-state index is 0.0682. The summed E-state index contributed by atoms with van der Waals surface area (Å²) >= 11 is 1.76. The number of hydrogen-bond acceptors (Lipinski definition) is 3. The highest BCUT2D eigenvalue weighted by Gasteiger charge is 2.33. The van der Waals surface area contributed by atoms with Gasteiger partial charge in [0.1, 0.15) is 6.29 Å². The monoisotopic (exact) mass is 249 g/mol. The van der Waals surface area contributed by atoms with Crippen molar-refractivity contribution in [2.45, 2.75) is 29.6 Å². The molecule has 2 rings (SSSR count). The Morgan fingerprint density at radius 2 is 2.18 bits per heavy atom. The van der Waals surface area contributed by atoms with Gasteiger partial charge in [-0.1, -0.05) is 12.1 Å². The second kappa shape index (κ2) is 5.69. The summed E-state index contributed by atoms with van der Waals surface area (Å²) in [4.78, 5) is 12.3. The summed E-state index contributed by atoms with van der Waals surface area (Å²) in [5, 5.41) is 3.38. The zero-order valence-electron chi connectivity index (χ0n) is 10.2. The van der Waals surface area contributed by atoms with Gasteiger partial charge in [0.2, 0.25) is 0 Å². The lowest BCUT2D eigenvalue weighted by molar-refractivity contribution is -0.109. The second-order valence-corrected chi connectivity index (χ2v) is 5.51. The Morgan fingerprint density at radius 3 is 2.82 bits per heavy atom. The number of benzene rings is 1. The Hall–Kier alpha value is -0.800. The second-order valence-electron chi connectivity index (χ2n) is 4.63. The van der Waals surface area contributed by atoms with Gasteiger partial charge in [0, 0.05) is 16.7 Å². The van der Waals surface area contributed by atoms with Gasteiger partial charge >= 0.3 is 0 Å². The smallest absolute Gasteiger partial charge is 0.120 e. The summed E-state index contributed by atoms with van der Waals surface area (Å²) in [5.74, 6) is 0. The molecule has 1 aliphatic heterocycles. The molecule has 1 fully saturated rings. The molecule has 1 aromatic carbocycles. The first-order valence-electron chi connectivity index (χ1n) is 6.10. The molecule has 92 valence electrons. The average molecular weight is 249 g/mol. The van der Waals surface area contributed by atoms with Gasteiger partial charge in [-0.3, -0.25) is 0 Å². The highest BCUT2D eigenvalue weighted by atomic mass is 32.2. The first-order valence-corrected chi connectivity index (χ1v) is 7.32. The van der Waals surface area contributed by atoms with Crippen LogP contribution in [-0.4, -0.2) is 25.6 Å². The molecule has 1 aliphatic rings. The number of aldehydes is 1. The van der Waals surface area contributed by atoms with Crippen molar-refractivity contribution >= 4 is 18.0 Å². The van der Waals surface area contributed by atoms with Gasteiger partial charge in [-0.05, 0) is 49.9 Å². The number of nitrogens with one attached hydrogen (secondary N) is 1. The van der Waals surface area contributed by atoms with Crippen LogP contribution in [0.2, 0.25) is 0 Å². The number of carbonyl (C=O) groups is 1. The van der Waals surface area contributed by atoms with Gasteiger partial charge in [-0.25, -0.2) is 0 Å². The Balaban J connectivity index is 2.33. The van der Waals surface area contributed by atoms with Crippen molar-refractivity contribution in [1.82, 2.24) is 5.32 Å². The number of thioether (sulfide) groups is 1. The molecule has 1 heterocycles. The predicted octanol–water partition coefficient (Wildman–Crippen LogP) is 2.62. The molecule has 1 saturated heterocycles. The summed E-state index contributed by atoms with van der Waals surface area (Å²) in [7, 11) is 0. The van der Waals surface area contributed by atoms with Crippen molar-refractivity contribution in [2.24, 2.45) is 0 Å². The Bertz CT molecular complexity index is 386. The third kappa shape index (κ3) is 2.72. The fourth-order valence-corrected chi connectivity index (χ4v) is 3.09. The van der Waals surface area contributed by atoms with Crippen molar-refractivity contribution in [2.75, 3.05) is 19.3 Å². The van der Waals surface area contributed by atoms with Crippen LogP contribution in [0.1, 0.15) is 24.8 Å². The van der Waals surface area contributed by atoms with Crippen molar-refractivity contribution in [3.8, 4) is 0 Å². The highest BCUT2D eigenvalue weighted by Crippen LogP contribution is 2.37. The zero-order valence-corrected chi connectivity index (χ0v) is 11.1. The molecule has 1 aromatic rings. The first kappa shape index (κ1) is 12.7. The molecule has 3 heteroatoms. The molecule has 0 saturated carbocycles. The van der Waals surface area contributed by atoms with Crippen LogP contribution in [0.15, 0.2) is 29.2 Å². The van der Waals surface area contributed by atoms with E-state index in [0.717, 1.165) is 32.2 Å². The van der Waals surface area contributed by atoms with Gasteiger partial charge in [-0.15, -0.1) is 11.8 Å². The van der Waals surface area contributed by atoms with Crippen LogP contribution < -0.4 is 5.32 Å². The van der Waals surface area contributed by atoms with Gasteiger partial charge in [-0.2, -0.15) is 0 Å². The molecule has 0 amide bonds. The summed E-state index contributed by atoms with van der Waals surface area (Å²) in [6, 6.07) is 8.66. The van der Waals surface area contributed by atoms with E-state index in [1.54, 1.807) is 11.8 Å². The van der Waals surface area contributed by atoms with E-state index in [1.807, 2.05) is 0 Å². The molecular weight excluding hydrogens is 230 g/mol. The molecule has 17 heavy (non-hydrogen) atoms.